The molecule has 0 spiro atoms. The van der Waals surface area contributed by atoms with Gasteiger partial charge in [-0.25, -0.2) is 0 Å². The largest absolute Gasteiger partial charge is 0.497 e. The molecule has 24 heavy (non-hydrogen) atoms. The van der Waals surface area contributed by atoms with Gasteiger partial charge in [-0.1, -0.05) is 26.0 Å². The number of hydrogen-bond acceptors (Lipinski definition) is 3. The summed E-state index contributed by atoms with van der Waals surface area (Å²) in [5, 5.41) is 6.74. The molecule has 0 saturated heterocycles. The molecule has 0 aliphatic carbocycles. The Morgan fingerprint density at radius 1 is 1.12 bits per heavy atom. The number of rotatable bonds is 10. The summed E-state index contributed by atoms with van der Waals surface area (Å²) in [5.74, 6) is 1.79. The lowest BCUT2D eigenvalue weighted by Gasteiger charge is -2.25. The van der Waals surface area contributed by atoms with E-state index in [0.717, 1.165) is 50.9 Å². The third kappa shape index (κ3) is 7.21. The third-order valence-corrected chi connectivity index (χ3v) is 4.16. The molecule has 1 aromatic carbocycles. The summed E-state index contributed by atoms with van der Waals surface area (Å²) in [6.45, 7) is 13.4. The van der Waals surface area contributed by atoms with Crippen molar-refractivity contribution in [2.75, 3.05) is 39.8 Å². The van der Waals surface area contributed by atoms with Crippen molar-refractivity contribution >= 4 is 5.96 Å². The van der Waals surface area contributed by atoms with Gasteiger partial charge in [-0.15, -0.1) is 0 Å². The van der Waals surface area contributed by atoms with Gasteiger partial charge in [0.25, 0.3) is 0 Å². The van der Waals surface area contributed by atoms with Crippen molar-refractivity contribution in [1.29, 1.82) is 0 Å². The number of nitrogens with zero attached hydrogens (tertiary/aromatic N) is 2. The molecule has 2 N–H and O–H groups in total. The summed E-state index contributed by atoms with van der Waals surface area (Å²) in [6.07, 6.45) is 0.958. The first-order valence-electron chi connectivity index (χ1n) is 9.03. The van der Waals surface area contributed by atoms with Crippen molar-refractivity contribution in [3.63, 3.8) is 0 Å². The lowest BCUT2D eigenvalue weighted by molar-refractivity contribution is 0.237. The standard InChI is InChI=1S/C19H34N4O/c1-6-20-19(22-15-16(4)23(7-2)8-3)21-14-13-17-9-11-18(24-5)12-10-17/h9-12,16H,6-8,13-15H2,1-5H3,(H2,20,21,22). The van der Waals surface area contributed by atoms with E-state index in [4.69, 9.17) is 9.73 Å². The smallest absolute Gasteiger partial charge is 0.191 e. The van der Waals surface area contributed by atoms with E-state index in [-0.39, 0.29) is 0 Å². The molecule has 0 heterocycles. The van der Waals surface area contributed by atoms with Gasteiger partial charge in [0, 0.05) is 19.1 Å². The van der Waals surface area contributed by atoms with Crippen LogP contribution in [0, 0.1) is 0 Å². The van der Waals surface area contributed by atoms with E-state index >= 15 is 0 Å². The molecule has 0 fully saturated rings. The fourth-order valence-corrected chi connectivity index (χ4v) is 2.65. The van der Waals surface area contributed by atoms with Gasteiger partial charge in [-0.05, 0) is 51.1 Å². The van der Waals surface area contributed by atoms with Crippen LogP contribution in [0.5, 0.6) is 5.75 Å². The SMILES string of the molecule is CCNC(=NCC(C)N(CC)CC)NCCc1ccc(OC)cc1. The lowest BCUT2D eigenvalue weighted by Crippen LogP contribution is -2.40. The van der Waals surface area contributed by atoms with Gasteiger partial charge in [0.2, 0.25) is 0 Å². The maximum Gasteiger partial charge on any atom is 0.191 e. The van der Waals surface area contributed by atoms with Crippen molar-refractivity contribution in [2.45, 2.75) is 40.2 Å². The highest BCUT2D eigenvalue weighted by atomic mass is 16.5. The van der Waals surface area contributed by atoms with Gasteiger partial charge in [-0.2, -0.15) is 0 Å². The number of guanidine groups is 1. The van der Waals surface area contributed by atoms with Gasteiger partial charge in [0.15, 0.2) is 5.96 Å². The molecule has 0 saturated carbocycles. The van der Waals surface area contributed by atoms with E-state index in [9.17, 15) is 0 Å². The molecule has 1 rings (SSSR count). The number of hydrogen-bond donors (Lipinski definition) is 2. The quantitative estimate of drug-likeness (QED) is 0.510. The van der Waals surface area contributed by atoms with Crippen LogP contribution in [0.4, 0.5) is 0 Å². The second kappa shape index (κ2) is 11.7. The van der Waals surface area contributed by atoms with E-state index in [0.29, 0.717) is 6.04 Å². The Hall–Kier alpha value is -1.75. The Kier molecular flexibility index (Phi) is 9.92. The first kappa shape index (κ1) is 20.3. The number of nitrogens with one attached hydrogen (secondary N) is 2. The van der Waals surface area contributed by atoms with Crippen molar-refractivity contribution in [3.05, 3.63) is 29.8 Å². The van der Waals surface area contributed by atoms with Crippen LogP contribution in [0.3, 0.4) is 0 Å². The summed E-state index contributed by atoms with van der Waals surface area (Å²) in [5.41, 5.74) is 1.29. The predicted octanol–water partition coefficient (Wildman–Crippen LogP) is 2.52. The summed E-state index contributed by atoms with van der Waals surface area (Å²) in [7, 11) is 1.69. The van der Waals surface area contributed by atoms with Crippen molar-refractivity contribution in [3.8, 4) is 5.75 Å². The second-order valence-electron chi connectivity index (χ2n) is 5.81. The van der Waals surface area contributed by atoms with Crippen molar-refractivity contribution in [1.82, 2.24) is 15.5 Å². The molecule has 0 aliphatic heterocycles. The third-order valence-electron chi connectivity index (χ3n) is 4.16. The molecule has 1 aromatic rings. The first-order chi connectivity index (χ1) is 11.6. The minimum Gasteiger partial charge on any atom is -0.497 e. The van der Waals surface area contributed by atoms with Crippen LogP contribution in [0.25, 0.3) is 0 Å². The summed E-state index contributed by atoms with van der Waals surface area (Å²) in [6, 6.07) is 8.66. The summed E-state index contributed by atoms with van der Waals surface area (Å²) >= 11 is 0. The van der Waals surface area contributed by atoms with E-state index < -0.39 is 0 Å². The fourth-order valence-electron chi connectivity index (χ4n) is 2.65. The van der Waals surface area contributed by atoms with Gasteiger partial charge in [-0.3, -0.25) is 9.89 Å². The normalized spacial score (nSPS) is 13.0. The Balaban J connectivity index is 2.47. The van der Waals surface area contributed by atoms with Gasteiger partial charge < -0.3 is 15.4 Å². The average Bonchev–Trinajstić information content (AvgIpc) is 2.61. The zero-order chi connectivity index (χ0) is 17.8. The van der Waals surface area contributed by atoms with Crippen LogP contribution in [0.2, 0.25) is 0 Å². The van der Waals surface area contributed by atoms with E-state index in [1.54, 1.807) is 7.11 Å². The van der Waals surface area contributed by atoms with E-state index in [2.05, 4.69) is 55.4 Å². The number of methoxy groups -OCH3 is 1. The van der Waals surface area contributed by atoms with Crippen LogP contribution in [-0.4, -0.2) is 56.7 Å². The predicted molar refractivity (Wildman–Crippen MR) is 103 cm³/mol. The minimum absolute atomic E-state index is 0.456. The van der Waals surface area contributed by atoms with E-state index in [1.807, 2.05) is 12.1 Å². The first-order valence-corrected chi connectivity index (χ1v) is 9.03. The van der Waals surface area contributed by atoms with Crippen LogP contribution in [0.15, 0.2) is 29.3 Å². The summed E-state index contributed by atoms with van der Waals surface area (Å²) in [4.78, 5) is 7.14. The average molecular weight is 335 g/mol. The van der Waals surface area contributed by atoms with E-state index in [1.165, 1.54) is 5.56 Å². The zero-order valence-corrected chi connectivity index (χ0v) is 15.9. The Morgan fingerprint density at radius 3 is 2.33 bits per heavy atom. The molecule has 5 nitrogen and oxygen atoms in total. The van der Waals surface area contributed by atoms with Crippen molar-refractivity contribution in [2.24, 2.45) is 4.99 Å². The molecular weight excluding hydrogens is 300 g/mol. The highest BCUT2D eigenvalue weighted by Crippen LogP contribution is 2.11. The van der Waals surface area contributed by atoms with Crippen molar-refractivity contribution < 1.29 is 4.74 Å². The fraction of sp³-hybridized carbons (Fsp3) is 0.632. The van der Waals surface area contributed by atoms with Gasteiger partial charge in [0.1, 0.15) is 5.75 Å². The Morgan fingerprint density at radius 2 is 1.79 bits per heavy atom. The highest BCUT2D eigenvalue weighted by molar-refractivity contribution is 5.79. The van der Waals surface area contributed by atoms with Crippen LogP contribution in [-0.2, 0) is 6.42 Å². The molecule has 0 amide bonds. The van der Waals surface area contributed by atoms with Gasteiger partial charge >= 0.3 is 0 Å². The lowest BCUT2D eigenvalue weighted by atomic mass is 10.1. The van der Waals surface area contributed by atoms with Gasteiger partial charge in [0.05, 0.1) is 13.7 Å². The Labute approximate surface area is 147 Å². The number of ether oxygens (including phenoxy) is 1. The maximum absolute atomic E-state index is 5.19. The second-order valence-corrected chi connectivity index (χ2v) is 5.81. The number of likely N-dealkylation sites (N-methyl/N-ethyl adjacent to an activating group) is 1. The summed E-state index contributed by atoms with van der Waals surface area (Å²) < 4.78 is 5.19. The Bertz CT molecular complexity index is 469. The topological polar surface area (TPSA) is 48.9 Å². The molecule has 1 atom stereocenters. The monoisotopic (exact) mass is 334 g/mol. The zero-order valence-electron chi connectivity index (χ0n) is 15.9. The van der Waals surface area contributed by atoms with Crippen LogP contribution < -0.4 is 15.4 Å². The highest BCUT2D eigenvalue weighted by Gasteiger charge is 2.09. The molecule has 136 valence electrons. The molecule has 0 aliphatic rings. The minimum atomic E-state index is 0.456. The molecule has 5 heteroatoms. The van der Waals surface area contributed by atoms with Crippen LogP contribution in [0.1, 0.15) is 33.3 Å². The molecule has 0 radical (unpaired) electrons. The number of aliphatic imine (C=N–C) groups is 1. The van der Waals surface area contributed by atoms with Crippen LogP contribution >= 0.6 is 0 Å². The molecule has 0 bridgehead atoms. The maximum atomic E-state index is 5.19. The number of benzene rings is 1. The molecule has 1 unspecified atom stereocenters. The molecular formula is C19H34N4O. The molecule has 0 aromatic heterocycles.